The Morgan fingerprint density at radius 1 is 1.08 bits per heavy atom. The molecule has 0 saturated carbocycles. The minimum atomic E-state index is -0.490. The first kappa shape index (κ1) is 26.6. The van der Waals surface area contributed by atoms with Crippen molar-refractivity contribution in [2.45, 2.75) is 32.6 Å². The number of benzene rings is 2. The summed E-state index contributed by atoms with van der Waals surface area (Å²) in [6, 6.07) is 12.6. The van der Waals surface area contributed by atoms with E-state index in [1.54, 1.807) is 13.2 Å². The Morgan fingerprint density at radius 3 is 2.56 bits per heavy atom. The highest BCUT2D eigenvalue weighted by Gasteiger charge is 2.40. The van der Waals surface area contributed by atoms with Gasteiger partial charge in [-0.15, -0.1) is 0 Å². The van der Waals surface area contributed by atoms with E-state index < -0.39 is 5.41 Å². The average molecular weight is 498 g/mol. The second-order valence-electron chi connectivity index (χ2n) is 10.00. The third-order valence-corrected chi connectivity index (χ3v) is 7.72. The molecule has 2 aromatic carbocycles. The third kappa shape index (κ3) is 6.64. The SMILES string of the molecule is CCN1CCN(CCCNC(=O)C2(Cc3cccc(-c4cc(F)ccc4OC)c3)CCOCC2)CC1. The van der Waals surface area contributed by atoms with Gasteiger partial charge in [-0.2, -0.15) is 0 Å². The number of amides is 1. The van der Waals surface area contributed by atoms with Crippen LogP contribution in [0.4, 0.5) is 4.39 Å². The Hall–Kier alpha value is -2.48. The summed E-state index contributed by atoms with van der Waals surface area (Å²) in [7, 11) is 1.59. The number of carbonyl (C=O) groups excluding carboxylic acids is 1. The Kier molecular flexibility index (Phi) is 9.35. The summed E-state index contributed by atoms with van der Waals surface area (Å²) in [6.45, 7) is 10.7. The molecule has 36 heavy (non-hydrogen) atoms. The highest BCUT2D eigenvalue weighted by atomic mass is 19.1. The van der Waals surface area contributed by atoms with Gasteiger partial charge >= 0.3 is 0 Å². The van der Waals surface area contributed by atoms with Crippen molar-refractivity contribution in [3.05, 3.63) is 53.8 Å². The number of halogens is 1. The van der Waals surface area contributed by atoms with Gasteiger partial charge in [-0.1, -0.05) is 31.2 Å². The lowest BCUT2D eigenvalue weighted by atomic mass is 9.74. The number of hydrogen-bond acceptors (Lipinski definition) is 5. The Balaban J connectivity index is 1.39. The molecular formula is C29H40FN3O3. The van der Waals surface area contributed by atoms with Gasteiger partial charge in [0.2, 0.25) is 5.91 Å². The Labute approximate surface area is 214 Å². The number of carbonyl (C=O) groups is 1. The van der Waals surface area contributed by atoms with E-state index in [0.717, 1.165) is 56.8 Å². The number of hydrogen-bond donors (Lipinski definition) is 1. The molecule has 2 aromatic rings. The van der Waals surface area contributed by atoms with Crippen molar-refractivity contribution >= 4 is 5.91 Å². The number of piperazine rings is 1. The van der Waals surface area contributed by atoms with Gasteiger partial charge in [0.25, 0.3) is 0 Å². The molecular weight excluding hydrogens is 457 g/mol. The zero-order valence-electron chi connectivity index (χ0n) is 21.7. The standard InChI is InChI=1S/C29H40FN3O3/c1-3-32-14-16-33(17-15-32)13-5-12-31-28(34)29(10-18-36-19-11-29)22-23-6-4-7-24(20-23)26-21-25(30)8-9-27(26)35-2/h4,6-9,20-21H,3,5,10-19,22H2,1-2H3,(H,31,34). The van der Waals surface area contributed by atoms with E-state index in [-0.39, 0.29) is 11.7 Å². The predicted molar refractivity (Wildman–Crippen MR) is 141 cm³/mol. The molecule has 0 spiro atoms. The van der Waals surface area contributed by atoms with Gasteiger partial charge < -0.3 is 24.6 Å². The highest BCUT2D eigenvalue weighted by molar-refractivity contribution is 5.83. The Bertz CT molecular complexity index is 1000. The van der Waals surface area contributed by atoms with Crippen LogP contribution in [-0.4, -0.2) is 81.8 Å². The quantitative estimate of drug-likeness (QED) is 0.503. The molecule has 0 unspecified atom stereocenters. The lowest BCUT2D eigenvalue weighted by Gasteiger charge is -2.36. The lowest BCUT2D eigenvalue weighted by molar-refractivity contribution is -0.136. The number of nitrogens with one attached hydrogen (secondary N) is 1. The van der Waals surface area contributed by atoms with E-state index in [1.807, 2.05) is 12.1 Å². The molecule has 1 amide bonds. The fourth-order valence-corrected chi connectivity index (χ4v) is 5.41. The van der Waals surface area contributed by atoms with Crippen LogP contribution >= 0.6 is 0 Å². The van der Waals surface area contributed by atoms with E-state index in [9.17, 15) is 9.18 Å². The maximum atomic E-state index is 14.0. The van der Waals surface area contributed by atoms with Crippen molar-refractivity contribution in [2.24, 2.45) is 5.41 Å². The zero-order valence-corrected chi connectivity index (χ0v) is 21.7. The molecule has 4 rings (SSSR count). The molecule has 0 atom stereocenters. The van der Waals surface area contributed by atoms with E-state index in [1.165, 1.54) is 12.1 Å². The summed E-state index contributed by atoms with van der Waals surface area (Å²) < 4.78 is 25.1. The summed E-state index contributed by atoms with van der Waals surface area (Å²) in [4.78, 5) is 18.5. The monoisotopic (exact) mass is 497 g/mol. The molecule has 0 aliphatic carbocycles. The second-order valence-corrected chi connectivity index (χ2v) is 10.00. The Morgan fingerprint density at radius 2 is 1.83 bits per heavy atom. The van der Waals surface area contributed by atoms with Crippen LogP contribution in [0.3, 0.4) is 0 Å². The van der Waals surface area contributed by atoms with Gasteiger partial charge in [-0.3, -0.25) is 4.79 Å². The summed E-state index contributed by atoms with van der Waals surface area (Å²) in [5, 5.41) is 3.24. The fourth-order valence-electron chi connectivity index (χ4n) is 5.41. The molecule has 0 aromatic heterocycles. The topological polar surface area (TPSA) is 54.0 Å². The molecule has 2 aliphatic rings. The van der Waals surface area contributed by atoms with Crippen LogP contribution in [0.25, 0.3) is 11.1 Å². The van der Waals surface area contributed by atoms with Crippen LogP contribution in [0.1, 0.15) is 31.7 Å². The first-order valence-electron chi connectivity index (χ1n) is 13.3. The molecule has 0 bridgehead atoms. The van der Waals surface area contributed by atoms with Crippen molar-refractivity contribution in [1.82, 2.24) is 15.1 Å². The predicted octanol–water partition coefficient (Wildman–Crippen LogP) is 3.98. The minimum absolute atomic E-state index is 0.121. The van der Waals surface area contributed by atoms with Gasteiger partial charge in [0.05, 0.1) is 12.5 Å². The number of methoxy groups -OCH3 is 1. The summed E-state index contributed by atoms with van der Waals surface area (Å²) in [6.07, 6.45) is 2.99. The maximum absolute atomic E-state index is 14.0. The number of rotatable bonds is 10. The van der Waals surface area contributed by atoms with E-state index in [4.69, 9.17) is 9.47 Å². The maximum Gasteiger partial charge on any atom is 0.226 e. The number of nitrogens with zero attached hydrogens (tertiary/aromatic N) is 2. The summed E-state index contributed by atoms with van der Waals surface area (Å²) >= 11 is 0. The normalized spacial score (nSPS) is 18.6. The number of ether oxygens (including phenoxy) is 2. The lowest BCUT2D eigenvalue weighted by Crippen LogP contribution is -2.48. The van der Waals surface area contributed by atoms with Gasteiger partial charge in [-0.05, 0) is 68.1 Å². The number of likely N-dealkylation sites (N-methyl/N-ethyl adjacent to an activating group) is 1. The average Bonchev–Trinajstić information content (AvgIpc) is 2.92. The minimum Gasteiger partial charge on any atom is -0.496 e. The third-order valence-electron chi connectivity index (χ3n) is 7.72. The summed E-state index contributed by atoms with van der Waals surface area (Å²) in [5.41, 5.74) is 2.17. The fraction of sp³-hybridized carbons (Fsp3) is 0.552. The second kappa shape index (κ2) is 12.7. The smallest absolute Gasteiger partial charge is 0.226 e. The van der Waals surface area contributed by atoms with Crippen LogP contribution in [0.15, 0.2) is 42.5 Å². The van der Waals surface area contributed by atoms with Crippen molar-refractivity contribution in [3.8, 4) is 16.9 Å². The van der Waals surface area contributed by atoms with Crippen molar-refractivity contribution in [1.29, 1.82) is 0 Å². The van der Waals surface area contributed by atoms with Crippen LogP contribution < -0.4 is 10.1 Å². The van der Waals surface area contributed by atoms with Gasteiger partial charge in [-0.25, -0.2) is 4.39 Å². The van der Waals surface area contributed by atoms with Crippen molar-refractivity contribution < 1.29 is 18.7 Å². The molecule has 1 N–H and O–H groups in total. The van der Waals surface area contributed by atoms with Crippen molar-refractivity contribution in [3.63, 3.8) is 0 Å². The summed E-state index contributed by atoms with van der Waals surface area (Å²) in [5.74, 6) is 0.447. The molecule has 7 heteroatoms. The van der Waals surface area contributed by atoms with Crippen LogP contribution in [-0.2, 0) is 16.0 Å². The van der Waals surface area contributed by atoms with Gasteiger partial charge in [0, 0.05) is 51.5 Å². The van der Waals surface area contributed by atoms with Crippen LogP contribution in [0.2, 0.25) is 0 Å². The van der Waals surface area contributed by atoms with Crippen molar-refractivity contribution in [2.75, 3.05) is 66.1 Å². The van der Waals surface area contributed by atoms with Gasteiger partial charge in [0.1, 0.15) is 11.6 Å². The first-order valence-corrected chi connectivity index (χ1v) is 13.3. The molecule has 2 heterocycles. The van der Waals surface area contributed by atoms with E-state index >= 15 is 0 Å². The van der Waals surface area contributed by atoms with Crippen LogP contribution in [0, 0.1) is 11.2 Å². The molecule has 2 fully saturated rings. The van der Waals surface area contributed by atoms with E-state index in [2.05, 4.69) is 34.2 Å². The van der Waals surface area contributed by atoms with Gasteiger partial charge in [0.15, 0.2) is 0 Å². The molecule has 0 radical (unpaired) electrons. The first-order chi connectivity index (χ1) is 17.5. The zero-order chi connectivity index (χ0) is 25.4. The molecule has 2 saturated heterocycles. The van der Waals surface area contributed by atoms with E-state index in [0.29, 0.717) is 50.3 Å². The molecule has 6 nitrogen and oxygen atoms in total. The highest BCUT2D eigenvalue weighted by Crippen LogP contribution is 2.37. The van der Waals surface area contributed by atoms with Crippen LogP contribution in [0.5, 0.6) is 5.75 Å². The largest absolute Gasteiger partial charge is 0.496 e. The molecule has 196 valence electrons. The molecule has 2 aliphatic heterocycles.